The summed E-state index contributed by atoms with van der Waals surface area (Å²) in [6.45, 7) is 2.00. The van der Waals surface area contributed by atoms with E-state index >= 15 is 0 Å². The highest BCUT2D eigenvalue weighted by atomic mass is 19.4. The first-order chi connectivity index (χ1) is 9.34. The van der Waals surface area contributed by atoms with Gasteiger partial charge < -0.3 is 9.15 Å². The van der Waals surface area contributed by atoms with E-state index in [9.17, 15) is 22.8 Å². The van der Waals surface area contributed by atoms with E-state index in [0.29, 0.717) is 6.61 Å². The quantitative estimate of drug-likeness (QED) is 0.643. The van der Waals surface area contributed by atoms with Crippen LogP contribution in [0.25, 0.3) is 11.0 Å². The van der Waals surface area contributed by atoms with Crippen LogP contribution in [0.3, 0.4) is 0 Å². The lowest BCUT2D eigenvalue weighted by molar-refractivity contribution is -0.0887. The predicted molar refractivity (Wildman–Crippen MR) is 64.0 cm³/mol. The van der Waals surface area contributed by atoms with E-state index in [1.165, 1.54) is 18.2 Å². The van der Waals surface area contributed by atoms with Crippen molar-refractivity contribution in [2.45, 2.75) is 13.1 Å². The Labute approximate surface area is 110 Å². The first kappa shape index (κ1) is 14.1. The number of ether oxygens (including phenoxy) is 1. The molecule has 0 aliphatic rings. The molecule has 0 unspecified atom stereocenters. The number of hydrogen-bond acceptors (Lipinski definition) is 4. The third-order valence-electron chi connectivity index (χ3n) is 2.53. The van der Waals surface area contributed by atoms with Crippen molar-refractivity contribution in [2.24, 2.45) is 0 Å². The predicted octanol–water partition coefficient (Wildman–Crippen LogP) is 2.94. The number of halogens is 3. The number of benzene rings is 1. The van der Waals surface area contributed by atoms with E-state index in [4.69, 9.17) is 9.15 Å². The van der Waals surface area contributed by atoms with E-state index < -0.39 is 23.1 Å². The van der Waals surface area contributed by atoms with E-state index in [2.05, 4.69) is 0 Å². The zero-order valence-corrected chi connectivity index (χ0v) is 10.3. The fourth-order valence-electron chi connectivity index (χ4n) is 1.70. The summed E-state index contributed by atoms with van der Waals surface area (Å²) in [6.07, 6.45) is -5.13. The van der Waals surface area contributed by atoms with Gasteiger partial charge in [-0.1, -0.05) is 12.1 Å². The molecule has 1 heterocycles. The normalized spacial score (nSPS) is 11.6. The molecular weight excluding hydrogens is 277 g/mol. The van der Waals surface area contributed by atoms with Crippen molar-refractivity contribution < 1.29 is 27.1 Å². The molecule has 7 heteroatoms. The van der Waals surface area contributed by atoms with Crippen LogP contribution in [0.15, 0.2) is 33.5 Å². The third-order valence-corrected chi connectivity index (χ3v) is 2.53. The van der Waals surface area contributed by atoms with Crippen LogP contribution in [0.2, 0.25) is 0 Å². The van der Waals surface area contributed by atoms with Crippen LogP contribution in [0, 0.1) is 0 Å². The van der Waals surface area contributed by atoms with E-state index in [-0.39, 0.29) is 16.7 Å². The number of para-hydroxylation sites is 1. The number of hydrogen-bond donors (Lipinski definition) is 0. The minimum atomic E-state index is -5.13. The summed E-state index contributed by atoms with van der Waals surface area (Å²) >= 11 is 0. The Morgan fingerprint density at radius 1 is 1.35 bits per heavy atom. The van der Waals surface area contributed by atoms with Crippen LogP contribution in [0.4, 0.5) is 13.2 Å². The van der Waals surface area contributed by atoms with Gasteiger partial charge in [0, 0.05) is 5.39 Å². The van der Waals surface area contributed by atoms with Crippen LogP contribution in [0.5, 0.6) is 5.75 Å². The molecule has 0 amide bonds. The lowest BCUT2D eigenvalue weighted by Crippen LogP contribution is -2.28. The van der Waals surface area contributed by atoms with E-state index in [0.717, 1.165) is 6.07 Å². The topological polar surface area (TPSA) is 56.5 Å². The molecule has 20 heavy (non-hydrogen) atoms. The number of rotatable bonds is 3. The Balaban J connectivity index is 2.65. The molecule has 0 aliphatic heterocycles. The minimum Gasteiger partial charge on any atom is -0.490 e. The second kappa shape index (κ2) is 4.99. The highest BCUT2D eigenvalue weighted by molar-refractivity contribution is 6.02. The van der Waals surface area contributed by atoms with Crippen LogP contribution in [0.1, 0.15) is 17.3 Å². The maximum Gasteiger partial charge on any atom is 0.455 e. The van der Waals surface area contributed by atoms with Crippen molar-refractivity contribution in [3.8, 4) is 5.75 Å². The molecule has 0 spiro atoms. The summed E-state index contributed by atoms with van der Waals surface area (Å²) in [5.74, 6) is -2.00. The van der Waals surface area contributed by atoms with Gasteiger partial charge in [0.15, 0.2) is 11.3 Å². The second-order valence-corrected chi connectivity index (χ2v) is 3.88. The Kier molecular flexibility index (Phi) is 3.52. The zero-order chi connectivity index (χ0) is 14.9. The van der Waals surface area contributed by atoms with Gasteiger partial charge in [-0.3, -0.25) is 4.79 Å². The Morgan fingerprint density at radius 2 is 2.05 bits per heavy atom. The fourth-order valence-corrected chi connectivity index (χ4v) is 1.70. The van der Waals surface area contributed by atoms with Gasteiger partial charge in [0.1, 0.15) is 5.56 Å². The SMILES string of the molecule is CCOc1cccc2cc(C(=O)C(F)(F)F)c(=O)oc12. The Bertz CT molecular complexity index is 716. The number of carbonyl (C=O) groups excluding carboxylic acids is 1. The van der Waals surface area contributed by atoms with Gasteiger partial charge in [-0.25, -0.2) is 4.79 Å². The van der Waals surface area contributed by atoms with Gasteiger partial charge in [0.2, 0.25) is 0 Å². The Hall–Kier alpha value is -2.31. The molecule has 0 saturated heterocycles. The number of Topliss-reactive ketones (excluding diaryl/α,β-unsaturated/α-hetero) is 1. The molecule has 0 bridgehead atoms. The maximum atomic E-state index is 12.4. The lowest BCUT2D eigenvalue weighted by Gasteiger charge is -2.08. The molecule has 0 saturated carbocycles. The van der Waals surface area contributed by atoms with E-state index in [1.54, 1.807) is 6.92 Å². The minimum absolute atomic E-state index is 0.0121. The molecule has 0 N–H and O–H groups in total. The number of carbonyl (C=O) groups is 1. The molecule has 0 aliphatic carbocycles. The average molecular weight is 286 g/mol. The van der Waals surface area contributed by atoms with Crippen LogP contribution >= 0.6 is 0 Å². The molecule has 0 radical (unpaired) electrons. The molecule has 106 valence electrons. The monoisotopic (exact) mass is 286 g/mol. The van der Waals surface area contributed by atoms with E-state index in [1.807, 2.05) is 0 Å². The lowest BCUT2D eigenvalue weighted by atomic mass is 10.1. The number of alkyl halides is 3. The van der Waals surface area contributed by atoms with Gasteiger partial charge in [-0.2, -0.15) is 13.2 Å². The first-order valence-electron chi connectivity index (χ1n) is 5.65. The summed E-state index contributed by atoms with van der Waals surface area (Å²) in [5.41, 5.74) is -2.37. The van der Waals surface area contributed by atoms with Crippen molar-refractivity contribution in [2.75, 3.05) is 6.61 Å². The van der Waals surface area contributed by atoms with Gasteiger partial charge in [-0.15, -0.1) is 0 Å². The largest absolute Gasteiger partial charge is 0.490 e. The van der Waals surface area contributed by atoms with Crippen molar-refractivity contribution in [1.82, 2.24) is 0 Å². The zero-order valence-electron chi connectivity index (χ0n) is 10.3. The number of ketones is 1. The average Bonchev–Trinajstić information content (AvgIpc) is 2.37. The molecule has 2 rings (SSSR count). The Morgan fingerprint density at radius 3 is 2.65 bits per heavy atom. The summed E-state index contributed by atoms with van der Waals surface area (Å²) < 4.78 is 47.1. The molecular formula is C13H9F3O4. The van der Waals surface area contributed by atoms with Crippen LogP contribution < -0.4 is 10.4 Å². The summed E-state index contributed by atoms with van der Waals surface area (Å²) in [4.78, 5) is 22.7. The fraction of sp³-hybridized carbons (Fsp3) is 0.231. The third kappa shape index (κ3) is 2.52. The summed E-state index contributed by atoms with van der Waals surface area (Å²) in [6, 6.07) is 5.32. The maximum absolute atomic E-state index is 12.4. The van der Waals surface area contributed by atoms with Gasteiger partial charge in [0.25, 0.3) is 5.78 Å². The van der Waals surface area contributed by atoms with Crippen molar-refractivity contribution >= 4 is 16.8 Å². The smallest absolute Gasteiger partial charge is 0.455 e. The highest BCUT2D eigenvalue weighted by Crippen LogP contribution is 2.27. The van der Waals surface area contributed by atoms with Crippen LogP contribution in [-0.2, 0) is 0 Å². The molecule has 4 nitrogen and oxygen atoms in total. The van der Waals surface area contributed by atoms with Gasteiger partial charge in [-0.05, 0) is 19.1 Å². The summed E-state index contributed by atoms with van der Waals surface area (Å²) in [7, 11) is 0. The highest BCUT2D eigenvalue weighted by Gasteiger charge is 2.41. The molecule has 0 atom stereocenters. The standard InChI is InChI=1S/C13H9F3O4/c1-2-19-9-5-3-4-7-6-8(11(17)13(14,15)16)12(18)20-10(7)9/h3-6H,2H2,1H3. The van der Waals surface area contributed by atoms with Gasteiger partial charge >= 0.3 is 11.8 Å². The second-order valence-electron chi connectivity index (χ2n) is 3.88. The molecule has 1 aromatic carbocycles. The molecule has 2 aromatic rings. The van der Waals surface area contributed by atoms with Crippen molar-refractivity contribution in [3.63, 3.8) is 0 Å². The van der Waals surface area contributed by atoms with Crippen LogP contribution in [-0.4, -0.2) is 18.6 Å². The van der Waals surface area contributed by atoms with Gasteiger partial charge in [0.05, 0.1) is 6.61 Å². The summed E-state index contributed by atoms with van der Waals surface area (Å²) in [5, 5.41) is 0.183. The number of fused-ring (bicyclic) bond motifs is 1. The first-order valence-corrected chi connectivity index (χ1v) is 5.65. The van der Waals surface area contributed by atoms with Crippen molar-refractivity contribution in [3.05, 3.63) is 40.2 Å². The molecule has 1 aromatic heterocycles. The van der Waals surface area contributed by atoms with Crippen molar-refractivity contribution in [1.29, 1.82) is 0 Å². The molecule has 0 fully saturated rings.